The predicted molar refractivity (Wildman–Crippen MR) is 102 cm³/mol. The van der Waals surface area contributed by atoms with Crippen molar-refractivity contribution in [3.63, 3.8) is 0 Å². The smallest absolute Gasteiger partial charge is 0.311 e. The molecule has 0 aliphatic heterocycles. The van der Waals surface area contributed by atoms with E-state index in [-0.39, 0.29) is 33.6 Å². The zero-order chi connectivity index (χ0) is 21.7. The van der Waals surface area contributed by atoms with Crippen LogP contribution in [0.15, 0.2) is 30.3 Å². The number of carboxylic acids is 1. The van der Waals surface area contributed by atoms with Crippen LogP contribution in [0.2, 0.25) is 0 Å². The number of carboxylic acid groups (broad SMARTS) is 1. The zero-order valence-corrected chi connectivity index (χ0v) is 16.0. The molecule has 0 amide bonds. The van der Waals surface area contributed by atoms with E-state index in [9.17, 15) is 33.0 Å². The van der Waals surface area contributed by atoms with Crippen molar-refractivity contribution < 1.29 is 33.0 Å². The lowest BCUT2D eigenvalue weighted by Gasteiger charge is -2.31. The standard InChI is InChI=1S/C22H18F3NO4/c1-10-16(17(22(29)30)11-4-2-5-11)18-15(9-14(24)20(27)19(18)25)26(10)21(28)12-6-3-7-13(23)8-12/h3,6-9,11,17,27H,2,4-5H2,1H3,(H,29,30). The van der Waals surface area contributed by atoms with Crippen molar-refractivity contribution in [1.29, 1.82) is 0 Å². The summed E-state index contributed by atoms with van der Waals surface area (Å²) in [7, 11) is 0. The second-order valence-electron chi connectivity index (χ2n) is 7.57. The molecule has 0 spiro atoms. The van der Waals surface area contributed by atoms with Gasteiger partial charge in [0, 0.05) is 22.7 Å². The molecule has 30 heavy (non-hydrogen) atoms. The van der Waals surface area contributed by atoms with Gasteiger partial charge in [0.05, 0.1) is 11.4 Å². The number of phenols is 1. The number of nitrogens with zero attached hydrogens (tertiary/aromatic N) is 1. The maximum atomic E-state index is 15.0. The van der Waals surface area contributed by atoms with Crippen LogP contribution >= 0.6 is 0 Å². The van der Waals surface area contributed by atoms with Crippen molar-refractivity contribution in [1.82, 2.24) is 4.57 Å². The first kappa shape index (κ1) is 20.0. The van der Waals surface area contributed by atoms with Crippen LogP contribution in [-0.4, -0.2) is 26.7 Å². The highest BCUT2D eigenvalue weighted by Crippen LogP contribution is 2.46. The van der Waals surface area contributed by atoms with Crippen molar-refractivity contribution in [2.24, 2.45) is 5.92 Å². The van der Waals surface area contributed by atoms with E-state index in [4.69, 9.17) is 0 Å². The monoisotopic (exact) mass is 417 g/mol. The molecule has 2 aromatic carbocycles. The van der Waals surface area contributed by atoms with Crippen LogP contribution in [0.1, 0.15) is 46.8 Å². The molecular weight excluding hydrogens is 399 g/mol. The molecule has 1 heterocycles. The second kappa shape index (κ2) is 7.19. The summed E-state index contributed by atoms with van der Waals surface area (Å²) in [5.74, 6) is -7.85. The molecule has 3 aromatic rings. The molecule has 4 rings (SSSR count). The van der Waals surface area contributed by atoms with Crippen LogP contribution < -0.4 is 0 Å². The molecule has 0 bridgehead atoms. The Balaban J connectivity index is 2.05. The van der Waals surface area contributed by atoms with E-state index < -0.39 is 41.0 Å². The summed E-state index contributed by atoms with van der Waals surface area (Å²) in [5, 5.41) is 19.4. The fourth-order valence-electron chi connectivity index (χ4n) is 4.24. The van der Waals surface area contributed by atoms with Crippen molar-refractivity contribution in [2.45, 2.75) is 32.1 Å². The highest BCUT2D eigenvalue weighted by Gasteiger charge is 2.39. The quantitative estimate of drug-likeness (QED) is 0.643. The van der Waals surface area contributed by atoms with Gasteiger partial charge >= 0.3 is 5.97 Å². The molecule has 2 N–H and O–H groups in total. The number of halogens is 3. The molecule has 0 saturated heterocycles. The molecule has 8 heteroatoms. The van der Waals surface area contributed by atoms with Crippen LogP contribution in [0.3, 0.4) is 0 Å². The van der Waals surface area contributed by atoms with Gasteiger partial charge in [-0.15, -0.1) is 0 Å². The van der Waals surface area contributed by atoms with E-state index in [1.807, 2.05) is 0 Å². The maximum Gasteiger partial charge on any atom is 0.311 e. The normalized spacial score (nSPS) is 15.2. The Morgan fingerprint density at radius 3 is 2.43 bits per heavy atom. The Morgan fingerprint density at radius 2 is 1.87 bits per heavy atom. The molecule has 1 saturated carbocycles. The van der Waals surface area contributed by atoms with Crippen molar-refractivity contribution in [2.75, 3.05) is 0 Å². The summed E-state index contributed by atoms with van der Waals surface area (Å²) in [6.07, 6.45) is 2.07. The third kappa shape index (κ3) is 2.94. The number of benzene rings is 2. The molecule has 1 aliphatic carbocycles. The number of phenolic OH excluding ortho intramolecular Hbond substituents is 1. The van der Waals surface area contributed by atoms with Crippen LogP contribution in [0, 0.1) is 30.3 Å². The zero-order valence-electron chi connectivity index (χ0n) is 16.0. The Labute approximate surface area is 169 Å². The topological polar surface area (TPSA) is 79.5 Å². The van der Waals surface area contributed by atoms with Gasteiger partial charge in [-0.05, 0) is 49.4 Å². The van der Waals surface area contributed by atoms with E-state index in [0.717, 1.165) is 29.2 Å². The van der Waals surface area contributed by atoms with Crippen LogP contribution in [0.25, 0.3) is 10.9 Å². The number of aliphatic carboxylic acids is 1. The van der Waals surface area contributed by atoms with Gasteiger partial charge in [-0.3, -0.25) is 14.2 Å². The summed E-state index contributed by atoms with van der Waals surface area (Å²) in [6, 6.07) is 5.61. The molecule has 1 unspecified atom stereocenters. The van der Waals surface area contributed by atoms with Gasteiger partial charge in [0.25, 0.3) is 5.91 Å². The molecule has 1 atom stereocenters. The summed E-state index contributed by atoms with van der Waals surface area (Å²) in [5.41, 5.74) is -0.136. The molecule has 5 nitrogen and oxygen atoms in total. The minimum absolute atomic E-state index is 0.0275. The van der Waals surface area contributed by atoms with Crippen molar-refractivity contribution in [3.05, 3.63) is 64.6 Å². The first-order valence-electron chi connectivity index (χ1n) is 9.47. The lowest BCUT2D eigenvalue weighted by Crippen LogP contribution is -2.27. The van der Waals surface area contributed by atoms with Gasteiger partial charge in [0.15, 0.2) is 17.4 Å². The molecule has 0 radical (unpaired) electrons. The van der Waals surface area contributed by atoms with E-state index in [0.29, 0.717) is 12.8 Å². The highest BCUT2D eigenvalue weighted by molar-refractivity contribution is 6.05. The molecular formula is C22H18F3NO4. The highest BCUT2D eigenvalue weighted by atomic mass is 19.1. The van der Waals surface area contributed by atoms with Gasteiger partial charge in [-0.25, -0.2) is 13.2 Å². The molecule has 1 fully saturated rings. The minimum Gasteiger partial charge on any atom is -0.503 e. The number of aromatic hydroxyl groups is 1. The Morgan fingerprint density at radius 1 is 1.17 bits per heavy atom. The largest absolute Gasteiger partial charge is 0.503 e. The third-order valence-electron chi connectivity index (χ3n) is 5.88. The lowest BCUT2D eigenvalue weighted by molar-refractivity contribution is -0.141. The number of aromatic nitrogens is 1. The number of rotatable bonds is 4. The Hall–Kier alpha value is -3.29. The van der Waals surface area contributed by atoms with Gasteiger partial charge < -0.3 is 10.2 Å². The minimum atomic E-state index is -1.32. The van der Waals surface area contributed by atoms with Gasteiger partial charge in [-0.1, -0.05) is 12.5 Å². The average molecular weight is 417 g/mol. The van der Waals surface area contributed by atoms with E-state index >= 15 is 0 Å². The second-order valence-corrected chi connectivity index (χ2v) is 7.57. The lowest BCUT2D eigenvalue weighted by atomic mass is 9.72. The number of carbonyl (C=O) groups is 2. The van der Waals surface area contributed by atoms with E-state index in [1.54, 1.807) is 0 Å². The Bertz CT molecular complexity index is 1200. The fraction of sp³-hybridized carbons (Fsp3) is 0.273. The molecule has 1 aliphatic rings. The number of carbonyl (C=O) groups excluding carboxylic acids is 1. The first-order valence-corrected chi connectivity index (χ1v) is 9.47. The SMILES string of the molecule is Cc1c(C(C(=O)O)C2CCC2)c2c(F)c(O)c(F)cc2n1C(=O)c1cccc(F)c1. The van der Waals surface area contributed by atoms with Crippen LogP contribution in [0.4, 0.5) is 13.2 Å². The van der Waals surface area contributed by atoms with E-state index in [1.165, 1.54) is 19.1 Å². The Kier molecular flexibility index (Phi) is 4.80. The fourth-order valence-corrected chi connectivity index (χ4v) is 4.24. The van der Waals surface area contributed by atoms with Crippen molar-refractivity contribution >= 4 is 22.8 Å². The average Bonchev–Trinajstić information content (AvgIpc) is 2.93. The van der Waals surface area contributed by atoms with Gasteiger partial charge in [0.1, 0.15) is 5.82 Å². The third-order valence-corrected chi connectivity index (χ3v) is 5.88. The molecule has 1 aromatic heterocycles. The van der Waals surface area contributed by atoms with E-state index in [2.05, 4.69) is 0 Å². The van der Waals surface area contributed by atoms with Gasteiger partial charge in [0.2, 0.25) is 0 Å². The summed E-state index contributed by atoms with van der Waals surface area (Å²) in [4.78, 5) is 25.2. The van der Waals surface area contributed by atoms with Crippen LogP contribution in [0.5, 0.6) is 5.75 Å². The van der Waals surface area contributed by atoms with Crippen molar-refractivity contribution in [3.8, 4) is 5.75 Å². The first-order chi connectivity index (χ1) is 14.2. The summed E-state index contributed by atoms with van der Waals surface area (Å²) < 4.78 is 43.8. The molecule has 156 valence electrons. The number of hydrogen-bond acceptors (Lipinski definition) is 3. The van der Waals surface area contributed by atoms with Crippen LogP contribution in [-0.2, 0) is 4.79 Å². The predicted octanol–water partition coefficient (Wildman–Crippen LogP) is 4.73. The summed E-state index contributed by atoms with van der Waals surface area (Å²) in [6.45, 7) is 1.44. The maximum absolute atomic E-state index is 15.0. The van der Waals surface area contributed by atoms with Gasteiger partial charge in [-0.2, -0.15) is 0 Å². The number of fused-ring (bicyclic) bond motifs is 1. The summed E-state index contributed by atoms with van der Waals surface area (Å²) >= 11 is 0. The number of hydrogen-bond donors (Lipinski definition) is 2.